The number of carbonyl (C=O) groups excluding carboxylic acids is 1. The Kier molecular flexibility index (Phi) is 4.73. The van der Waals surface area contributed by atoms with E-state index in [2.05, 4.69) is 17.1 Å². The Morgan fingerprint density at radius 3 is 2.64 bits per heavy atom. The van der Waals surface area contributed by atoms with Crippen LogP contribution in [-0.4, -0.2) is 45.8 Å². The molecule has 1 aliphatic rings. The number of nitrogens with zero attached hydrogens (tertiary/aromatic N) is 3. The average molecular weight is 378 g/mol. The van der Waals surface area contributed by atoms with Crippen LogP contribution in [0, 0.1) is 0 Å². The largest absolute Gasteiger partial charge is 0.491 e. The number of pyridine rings is 1. The lowest BCUT2D eigenvalue weighted by Crippen LogP contribution is -2.34. The summed E-state index contributed by atoms with van der Waals surface area (Å²) in [7, 11) is 3.38. The van der Waals surface area contributed by atoms with E-state index >= 15 is 0 Å². The molecule has 3 heterocycles. The van der Waals surface area contributed by atoms with Crippen molar-refractivity contribution >= 4 is 5.91 Å². The van der Waals surface area contributed by atoms with Gasteiger partial charge in [0.15, 0.2) is 5.75 Å². The van der Waals surface area contributed by atoms with Gasteiger partial charge in [-0.05, 0) is 6.42 Å². The highest BCUT2D eigenvalue weighted by Crippen LogP contribution is 2.28. The monoisotopic (exact) mass is 378 g/mol. The Labute approximate surface area is 162 Å². The van der Waals surface area contributed by atoms with Crippen molar-refractivity contribution in [2.75, 3.05) is 20.2 Å². The van der Waals surface area contributed by atoms with E-state index in [9.17, 15) is 9.59 Å². The van der Waals surface area contributed by atoms with Crippen molar-refractivity contribution in [3.63, 3.8) is 0 Å². The summed E-state index contributed by atoms with van der Waals surface area (Å²) in [5.74, 6) is 0.0141. The number of hydrogen-bond donors (Lipinski definition) is 1. The van der Waals surface area contributed by atoms with E-state index < -0.39 is 0 Å². The third-order valence-corrected chi connectivity index (χ3v) is 5.19. The summed E-state index contributed by atoms with van der Waals surface area (Å²) in [6.45, 7) is 1.15. The molecular formula is C21H22N4O3. The minimum atomic E-state index is -0.307. The highest BCUT2D eigenvalue weighted by Gasteiger charge is 2.25. The predicted octanol–water partition coefficient (Wildman–Crippen LogP) is 2.02. The van der Waals surface area contributed by atoms with Crippen molar-refractivity contribution in [1.29, 1.82) is 0 Å². The van der Waals surface area contributed by atoms with Gasteiger partial charge in [-0.25, -0.2) is 0 Å². The van der Waals surface area contributed by atoms with Crippen LogP contribution in [0.5, 0.6) is 5.75 Å². The molecule has 0 spiro atoms. The number of fused-ring (bicyclic) bond motifs is 1. The first-order valence-electron chi connectivity index (χ1n) is 9.24. The van der Waals surface area contributed by atoms with Crippen molar-refractivity contribution in [3.8, 4) is 17.0 Å². The Balaban J connectivity index is 1.59. The molecule has 0 radical (unpaired) electrons. The second-order valence-electron chi connectivity index (χ2n) is 6.84. The molecule has 3 aromatic rings. The number of carbonyl (C=O) groups is 1. The lowest BCUT2D eigenvalue weighted by molar-refractivity contribution is 0.0756. The van der Waals surface area contributed by atoms with Crippen LogP contribution in [0.25, 0.3) is 11.3 Å². The zero-order valence-corrected chi connectivity index (χ0v) is 15.9. The maximum absolute atomic E-state index is 12.9. The quantitative estimate of drug-likeness (QED) is 0.756. The summed E-state index contributed by atoms with van der Waals surface area (Å²) in [5.41, 5.74) is 4.37. The smallest absolute Gasteiger partial charge is 0.270 e. The van der Waals surface area contributed by atoms with Gasteiger partial charge in [0.05, 0.1) is 12.8 Å². The first kappa shape index (κ1) is 18.0. The number of ether oxygens (including phenoxy) is 1. The van der Waals surface area contributed by atoms with Crippen LogP contribution in [-0.2, 0) is 19.9 Å². The number of nitrogens with one attached hydrogen (secondary N) is 1. The molecule has 28 heavy (non-hydrogen) atoms. The van der Waals surface area contributed by atoms with Gasteiger partial charge in [0.2, 0.25) is 5.43 Å². The molecule has 0 fully saturated rings. The first-order chi connectivity index (χ1) is 13.6. The average Bonchev–Trinajstić information content (AvgIpc) is 2.89. The number of methoxy groups -OCH3 is 1. The van der Waals surface area contributed by atoms with Crippen LogP contribution in [0.2, 0.25) is 0 Å². The van der Waals surface area contributed by atoms with Crippen molar-refractivity contribution in [1.82, 2.24) is 19.7 Å². The van der Waals surface area contributed by atoms with E-state index in [1.54, 1.807) is 4.90 Å². The number of benzene rings is 1. The fraction of sp³-hybridized carbons (Fsp3) is 0.286. The van der Waals surface area contributed by atoms with Crippen LogP contribution in [0.4, 0.5) is 0 Å². The van der Waals surface area contributed by atoms with Crippen molar-refractivity contribution in [3.05, 3.63) is 69.8 Å². The molecule has 0 saturated heterocycles. The molecule has 0 aliphatic carbocycles. The third kappa shape index (κ3) is 3.19. The van der Waals surface area contributed by atoms with Gasteiger partial charge in [0, 0.05) is 55.6 Å². The molecule has 7 nitrogen and oxygen atoms in total. The molecule has 1 N–H and O–H groups in total. The van der Waals surface area contributed by atoms with E-state index in [0.29, 0.717) is 13.1 Å². The van der Waals surface area contributed by atoms with Gasteiger partial charge in [0.25, 0.3) is 5.91 Å². The van der Waals surface area contributed by atoms with Gasteiger partial charge >= 0.3 is 0 Å². The molecule has 1 aromatic carbocycles. The predicted molar refractivity (Wildman–Crippen MR) is 106 cm³/mol. The second-order valence-corrected chi connectivity index (χ2v) is 6.84. The van der Waals surface area contributed by atoms with E-state index in [0.717, 1.165) is 29.8 Å². The summed E-state index contributed by atoms with van der Waals surface area (Å²) < 4.78 is 6.88. The van der Waals surface area contributed by atoms with Crippen LogP contribution >= 0.6 is 0 Å². The molecule has 0 bridgehead atoms. The van der Waals surface area contributed by atoms with E-state index in [-0.39, 0.29) is 22.8 Å². The molecule has 2 aromatic heterocycles. The van der Waals surface area contributed by atoms with Crippen LogP contribution < -0.4 is 10.2 Å². The van der Waals surface area contributed by atoms with Gasteiger partial charge in [-0.3, -0.25) is 14.3 Å². The molecule has 0 atom stereocenters. The number of aryl methyl sites for hydroxylation is 1. The number of aromatic amines is 1. The van der Waals surface area contributed by atoms with Gasteiger partial charge in [-0.1, -0.05) is 30.3 Å². The lowest BCUT2D eigenvalue weighted by Gasteiger charge is -2.20. The second kappa shape index (κ2) is 7.34. The molecule has 1 amide bonds. The van der Waals surface area contributed by atoms with Gasteiger partial charge in [0.1, 0.15) is 5.69 Å². The van der Waals surface area contributed by atoms with Crippen molar-refractivity contribution in [2.45, 2.75) is 12.8 Å². The number of rotatable bonds is 3. The number of amides is 1. The number of hydrogen-bond acceptors (Lipinski definition) is 4. The Morgan fingerprint density at radius 2 is 1.93 bits per heavy atom. The van der Waals surface area contributed by atoms with Crippen molar-refractivity contribution in [2.24, 2.45) is 7.05 Å². The van der Waals surface area contributed by atoms with E-state index in [1.165, 1.54) is 24.9 Å². The first-order valence-corrected chi connectivity index (χ1v) is 9.24. The van der Waals surface area contributed by atoms with E-state index in [4.69, 9.17) is 9.84 Å². The Bertz CT molecular complexity index is 1070. The highest BCUT2D eigenvalue weighted by molar-refractivity contribution is 5.92. The number of H-pyrrole nitrogens is 1. The topological polar surface area (TPSA) is 80.2 Å². The minimum Gasteiger partial charge on any atom is -0.491 e. The highest BCUT2D eigenvalue weighted by atomic mass is 16.5. The molecule has 0 saturated carbocycles. The fourth-order valence-corrected chi connectivity index (χ4v) is 3.72. The van der Waals surface area contributed by atoms with Crippen LogP contribution in [0.1, 0.15) is 21.7 Å². The molecular weight excluding hydrogens is 356 g/mol. The molecule has 1 aliphatic heterocycles. The molecule has 144 valence electrons. The molecule has 7 heteroatoms. The summed E-state index contributed by atoms with van der Waals surface area (Å²) in [6, 6.07) is 11.4. The normalized spacial score (nSPS) is 13.7. The summed E-state index contributed by atoms with van der Waals surface area (Å²) in [5, 5.41) is 4.71. The fourth-order valence-electron chi connectivity index (χ4n) is 3.72. The SMILES string of the molecule is COc1c[nH]c(C(=O)N2CCc3c(-c4ccccc4)nn(C)c3CC2)cc1=O. The zero-order chi connectivity index (χ0) is 19.7. The summed E-state index contributed by atoms with van der Waals surface area (Å²) >= 11 is 0. The van der Waals surface area contributed by atoms with Gasteiger partial charge in [-0.2, -0.15) is 5.10 Å². The maximum atomic E-state index is 12.9. The Morgan fingerprint density at radius 1 is 1.18 bits per heavy atom. The third-order valence-electron chi connectivity index (χ3n) is 5.19. The van der Waals surface area contributed by atoms with E-state index in [1.807, 2.05) is 29.9 Å². The zero-order valence-electron chi connectivity index (χ0n) is 15.9. The van der Waals surface area contributed by atoms with Crippen LogP contribution in [0.15, 0.2) is 47.4 Å². The van der Waals surface area contributed by atoms with Gasteiger partial charge in [-0.15, -0.1) is 0 Å². The van der Waals surface area contributed by atoms with Crippen LogP contribution in [0.3, 0.4) is 0 Å². The van der Waals surface area contributed by atoms with Gasteiger partial charge < -0.3 is 14.6 Å². The number of aromatic nitrogens is 3. The summed E-state index contributed by atoms with van der Waals surface area (Å²) in [4.78, 5) is 29.6. The Hall–Kier alpha value is -3.35. The lowest BCUT2D eigenvalue weighted by atomic mass is 10.0. The molecule has 0 unspecified atom stereocenters. The van der Waals surface area contributed by atoms with Crippen molar-refractivity contribution < 1.29 is 9.53 Å². The maximum Gasteiger partial charge on any atom is 0.270 e. The summed E-state index contributed by atoms with van der Waals surface area (Å²) in [6.07, 6.45) is 2.87. The minimum absolute atomic E-state index is 0.179. The standard InChI is InChI=1S/C21H22N4O3/c1-24-17-9-11-25(21(27)16-12-18(26)19(28-2)13-22-16)10-8-15(17)20(23-24)14-6-4-3-5-7-14/h3-7,12-13H,8-11H2,1-2H3,(H,22,26). The molecule has 4 rings (SSSR count).